The third kappa shape index (κ3) is 3.86. The number of hydrogen-bond donors (Lipinski definition) is 1. The van der Waals surface area contributed by atoms with E-state index >= 15 is 0 Å². The molecule has 4 nitrogen and oxygen atoms in total. The number of rotatable bonds is 5. The molecule has 0 atom stereocenters. The maximum absolute atomic E-state index is 12.5. The van der Waals surface area contributed by atoms with Gasteiger partial charge in [-0.1, -0.05) is 29.3 Å². The fourth-order valence-electron chi connectivity index (χ4n) is 2.03. The van der Waals surface area contributed by atoms with Crippen molar-refractivity contribution in [3.63, 3.8) is 0 Å². The van der Waals surface area contributed by atoms with E-state index in [-0.39, 0.29) is 21.5 Å². The van der Waals surface area contributed by atoms with Crippen molar-refractivity contribution < 1.29 is 19.4 Å². The van der Waals surface area contributed by atoms with E-state index in [0.29, 0.717) is 21.4 Å². The van der Waals surface area contributed by atoms with Crippen LogP contribution in [0.3, 0.4) is 0 Å². The number of carbonyl (C=O) groups excluding carboxylic acids is 1. The summed E-state index contributed by atoms with van der Waals surface area (Å²) < 4.78 is 10.6. The Morgan fingerprint density at radius 3 is 2.42 bits per heavy atom. The van der Waals surface area contributed by atoms with Crippen molar-refractivity contribution in [1.82, 2.24) is 0 Å². The number of allylic oxidation sites excluding steroid dienone is 1. The van der Waals surface area contributed by atoms with Gasteiger partial charge in [-0.25, -0.2) is 0 Å². The van der Waals surface area contributed by atoms with Crippen molar-refractivity contribution in [2.24, 2.45) is 0 Å². The average molecular weight is 432 g/mol. The lowest BCUT2D eigenvalue weighted by Crippen LogP contribution is -2.01. The highest BCUT2D eigenvalue weighted by atomic mass is 79.9. The van der Waals surface area contributed by atoms with Crippen LogP contribution in [0.25, 0.3) is 6.08 Å². The van der Waals surface area contributed by atoms with E-state index in [1.54, 1.807) is 18.2 Å². The van der Waals surface area contributed by atoms with Crippen LogP contribution in [0, 0.1) is 0 Å². The molecule has 7 heteroatoms. The van der Waals surface area contributed by atoms with Crippen LogP contribution in [0.2, 0.25) is 10.0 Å². The average Bonchev–Trinajstić information content (AvgIpc) is 2.56. The van der Waals surface area contributed by atoms with Gasteiger partial charge in [0.25, 0.3) is 0 Å². The fourth-order valence-corrected chi connectivity index (χ4v) is 2.98. The molecule has 0 radical (unpaired) electrons. The Morgan fingerprint density at radius 2 is 1.83 bits per heavy atom. The van der Waals surface area contributed by atoms with Crippen molar-refractivity contribution >= 4 is 51.0 Å². The third-order valence-corrected chi connectivity index (χ3v) is 4.56. The summed E-state index contributed by atoms with van der Waals surface area (Å²) in [7, 11) is 2.85. The molecular formula is C17H13BrCl2O4. The Hall–Kier alpha value is -1.69. The molecule has 0 saturated heterocycles. The van der Waals surface area contributed by atoms with Gasteiger partial charge < -0.3 is 14.6 Å². The summed E-state index contributed by atoms with van der Waals surface area (Å²) in [5.74, 6) is -0.156. The first-order valence-electron chi connectivity index (χ1n) is 6.70. The van der Waals surface area contributed by atoms with Crippen molar-refractivity contribution in [3.05, 3.63) is 56.0 Å². The van der Waals surface area contributed by atoms with Gasteiger partial charge in [-0.2, -0.15) is 0 Å². The van der Waals surface area contributed by atoms with E-state index in [0.717, 1.165) is 0 Å². The molecule has 2 aromatic rings. The summed E-state index contributed by atoms with van der Waals surface area (Å²) in [5, 5.41) is 11.2. The Kier molecular flexibility index (Phi) is 6.15. The van der Waals surface area contributed by atoms with E-state index in [1.807, 2.05) is 0 Å². The first-order chi connectivity index (χ1) is 11.4. The van der Waals surface area contributed by atoms with Gasteiger partial charge in [0.05, 0.1) is 14.2 Å². The minimum absolute atomic E-state index is 0.0199. The number of phenols is 1. The van der Waals surface area contributed by atoms with Gasteiger partial charge in [-0.3, -0.25) is 4.79 Å². The van der Waals surface area contributed by atoms with Crippen molar-refractivity contribution in [2.45, 2.75) is 0 Å². The lowest BCUT2D eigenvalue weighted by molar-refractivity contribution is 0.104. The number of ketones is 1. The number of phenolic OH excluding ortho intramolecular Hbond substituents is 1. The van der Waals surface area contributed by atoms with Gasteiger partial charge in [0, 0.05) is 16.1 Å². The summed E-state index contributed by atoms with van der Waals surface area (Å²) in [5.41, 5.74) is 0.645. The van der Waals surface area contributed by atoms with Gasteiger partial charge in [-0.15, -0.1) is 0 Å². The van der Waals surface area contributed by atoms with Gasteiger partial charge >= 0.3 is 0 Å². The molecular weight excluding hydrogens is 419 g/mol. The smallest absolute Gasteiger partial charge is 0.193 e. The Bertz CT molecular complexity index is 819. The summed E-state index contributed by atoms with van der Waals surface area (Å²) in [6, 6.07) is 6.45. The molecule has 0 aliphatic heterocycles. The van der Waals surface area contributed by atoms with Crippen LogP contribution >= 0.6 is 39.1 Å². The second-order valence-electron chi connectivity index (χ2n) is 4.68. The second kappa shape index (κ2) is 7.92. The quantitative estimate of drug-likeness (QED) is 0.510. The predicted molar refractivity (Wildman–Crippen MR) is 98.7 cm³/mol. The SMILES string of the molecule is COc1cc(OC)c(C(=O)/C=C/c2ccc(Cl)cc2Cl)c(O)c1Br. The number of benzene rings is 2. The molecule has 126 valence electrons. The number of ether oxygens (including phenoxy) is 2. The highest BCUT2D eigenvalue weighted by Gasteiger charge is 2.21. The van der Waals surface area contributed by atoms with Crippen LogP contribution in [0.5, 0.6) is 17.2 Å². The summed E-state index contributed by atoms with van der Waals surface area (Å²) in [6.07, 6.45) is 2.84. The van der Waals surface area contributed by atoms with E-state index in [9.17, 15) is 9.90 Å². The Labute approximate surface area is 157 Å². The highest BCUT2D eigenvalue weighted by Crippen LogP contribution is 2.42. The lowest BCUT2D eigenvalue weighted by atomic mass is 10.1. The van der Waals surface area contributed by atoms with Crippen LogP contribution in [0.1, 0.15) is 15.9 Å². The van der Waals surface area contributed by atoms with Crippen LogP contribution in [-0.4, -0.2) is 25.1 Å². The van der Waals surface area contributed by atoms with Crippen LogP contribution < -0.4 is 9.47 Å². The van der Waals surface area contributed by atoms with Crippen LogP contribution in [-0.2, 0) is 0 Å². The zero-order valence-corrected chi connectivity index (χ0v) is 15.9. The molecule has 1 N–H and O–H groups in total. The number of methoxy groups -OCH3 is 2. The molecule has 2 aromatic carbocycles. The number of aromatic hydroxyl groups is 1. The summed E-state index contributed by atoms with van der Waals surface area (Å²) in [4.78, 5) is 12.5. The van der Waals surface area contributed by atoms with Crippen molar-refractivity contribution in [3.8, 4) is 17.2 Å². The molecule has 0 aromatic heterocycles. The van der Waals surface area contributed by atoms with E-state index in [4.69, 9.17) is 32.7 Å². The van der Waals surface area contributed by atoms with Gasteiger partial charge in [0.1, 0.15) is 27.3 Å². The molecule has 0 amide bonds. The molecule has 24 heavy (non-hydrogen) atoms. The van der Waals surface area contributed by atoms with Gasteiger partial charge in [0.15, 0.2) is 5.78 Å². The molecule has 0 unspecified atom stereocenters. The highest BCUT2D eigenvalue weighted by molar-refractivity contribution is 9.10. The standard InChI is InChI=1S/C17H13BrCl2O4/c1-23-13-8-14(24-2)16(18)17(22)15(13)12(21)6-4-9-3-5-10(19)7-11(9)20/h3-8,22H,1-2H3/b6-4+. The lowest BCUT2D eigenvalue weighted by Gasteiger charge is -2.13. The largest absolute Gasteiger partial charge is 0.506 e. The third-order valence-electron chi connectivity index (χ3n) is 3.23. The first-order valence-corrected chi connectivity index (χ1v) is 8.24. The zero-order valence-electron chi connectivity index (χ0n) is 12.8. The molecule has 0 heterocycles. The van der Waals surface area contributed by atoms with E-state index in [2.05, 4.69) is 15.9 Å². The molecule has 0 fully saturated rings. The maximum atomic E-state index is 12.5. The Balaban J connectivity index is 2.42. The summed E-state index contributed by atoms with van der Waals surface area (Å²) in [6.45, 7) is 0. The number of halogens is 3. The predicted octanol–water partition coefficient (Wildman–Crippen LogP) is 5.37. The van der Waals surface area contributed by atoms with Crippen LogP contribution in [0.4, 0.5) is 0 Å². The molecule has 0 aliphatic carbocycles. The first kappa shape index (κ1) is 18.6. The minimum Gasteiger partial charge on any atom is -0.506 e. The molecule has 2 rings (SSSR count). The Morgan fingerprint density at radius 1 is 1.17 bits per heavy atom. The van der Waals surface area contributed by atoms with Gasteiger partial charge in [0.2, 0.25) is 0 Å². The van der Waals surface area contributed by atoms with Crippen molar-refractivity contribution in [1.29, 1.82) is 0 Å². The fraction of sp³-hybridized carbons (Fsp3) is 0.118. The monoisotopic (exact) mass is 430 g/mol. The molecule has 0 spiro atoms. The summed E-state index contributed by atoms with van der Waals surface area (Å²) >= 11 is 15.1. The topological polar surface area (TPSA) is 55.8 Å². The number of carbonyl (C=O) groups is 1. The molecule has 0 bridgehead atoms. The number of hydrogen-bond acceptors (Lipinski definition) is 4. The molecule has 0 saturated carbocycles. The second-order valence-corrected chi connectivity index (χ2v) is 6.32. The van der Waals surface area contributed by atoms with E-state index < -0.39 is 5.78 Å². The maximum Gasteiger partial charge on any atom is 0.193 e. The zero-order chi connectivity index (χ0) is 17.9. The van der Waals surface area contributed by atoms with Crippen LogP contribution in [0.15, 0.2) is 34.8 Å². The van der Waals surface area contributed by atoms with Gasteiger partial charge in [-0.05, 0) is 45.8 Å². The normalized spacial score (nSPS) is 10.9. The van der Waals surface area contributed by atoms with E-state index in [1.165, 1.54) is 32.4 Å². The molecule has 0 aliphatic rings. The van der Waals surface area contributed by atoms with Crippen molar-refractivity contribution in [2.75, 3.05) is 14.2 Å². The minimum atomic E-state index is -0.446.